The molecule has 2 heterocycles. The number of aromatic nitrogens is 3. The van der Waals surface area contributed by atoms with Crippen LogP contribution in [0.2, 0.25) is 0 Å². The third-order valence-corrected chi connectivity index (χ3v) is 3.09. The highest BCUT2D eigenvalue weighted by Crippen LogP contribution is 2.25. The minimum Gasteiger partial charge on any atom is -0.437 e. The van der Waals surface area contributed by atoms with Crippen molar-refractivity contribution in [1.29, 1.82) is 0 Å². The van der Waals surface area contributed by atoms with Crippen molar-refractivity contribution in [1.82, 2.24) is 15.0 Å². The number of nitrogen functional groups attached to an aromatic ring is 1. The Balaban J connectivity index is 1.95. The number of benzene rings is 1. The van der Waals surface area contributed by atoms with Crippen molar-refractivity contribution in [2.24, 2.45) is 0 Å². The highest BCUT2D eigenvalue weighted by molar-refractivity contribution is 9.10. The molecule has 0 saturated carbocycles. The van der Waals surface area contributed by atoms with Gasteiger partial charge in [-0.3, -0.25) is 4.98 Å². The Morgan fingerprint density at radius 3 is 2.57 bits per heavy atom. The smallest absolute Gasteiger partial charge is 0.225 e. The van der Waals surface area contributed by atoms with Gasteiger partial charge < -0.3 is 10.5 Å². The van der Waals surface area contributed by atoms with Gasteiger partial charge in [-0.2, -0.15) is 4.98 Å². The monoisotopic (exact) mass is 342 g/mol. The molecule has 0 aliphatic rings. The molecule has 2 N–H and O–H groups in total. The Hall–Kier alpha value is -2.47. The summed E-state index contributed by atoms with van der Waals surface area (Å²) in [6.45, 7) is 0. The Labute approximate surface area is 130 Å². The molecule has 0 bridgehead atoms. The minimum absolute atomic E-state index is 0.349. The molecule has 104 valence electrons. The van der Waals surface area contributed by atoms with Gasteiger partial charge in [0.1, 0.15) is 11.6 Å². The van der Waals surface area contributed by atoms with Gasteiger partial charge in [-0.15, -0.1) is 0 Å². The summed E-state index contributed by atoms with van der Waals surface area (Å²) in [7, 11) is 0. The number of nitrogens with zero attached hydrogens (tertiary/aromatic N) is 3. The van der Waals surface area contributed by atoms with Crippen molar-refractivity contribution in [3.05, 3.63) is 59.3 Å². The van der Waals surface area contributed by atoms with Gasteiger partial charge in [-0.05, 0) is 22.0 Å². The maximum Gasteiger partial charge on any atom is 0.225 e. The van der Waals surface area contributed by atoms with E-state index in [4.69, 9.17) is 10.5 Å². The first-order chi connectivity index (χ1) is 10.2. The van der Waals surface area contributed by atoms with Crippen molar-refractivity contribution < 1.29 is 4.74 Å². The predicted molar refractivity (Wildman–Crippen MR) is 83.9 cm³/mol. The van der Waals surface area contributed by atoms with Crippen LogP contribution in [0.3, 0.4) is 0 Å². The first-order valence-electron chi connectivity index (χ1n) is 6.19. The van der Waals surface area contributed by atoms with E-state index >= 15 is 0 Å². The van der Waals surface area contributed by atoms with Crippen molar-refractivity contribution >= 4 is 21.7 Å². The molecule has 1 aromatic carbocycles. The van der Waals surface area contributed by atoms with Gasteiger partial charge in [0.15, 0.2) is 5.82 Å². The van der Waals surface area contributed by atoms with Crippen LogP contribution in [0.25, 0.3) is 11.4 Å². The van der Waals surface area contributed by atoms with E-state index in [2.05, 4.69) is 30.9 Å². The van der Waals surface area contributed by atoms with E-state index in [1.54, 1.807) is 24.5 Å². The van der Waals surface area contributed by atoms with Crippen LogP contribution in [-0.2, 0) is 0 Å². The van der Waals surface area contributed by atoms with Crippen molar-refractivity contribution in [3.63, 3.8) is 0 Å². The topological polar surface area (TPSA) is 73.9 Å². The summed E-state index contributed by atoms with van der Waals surface area (Å²) in [5.41, 5.74) is 6.70. The second-order valence-corrected chi connectivity index (χ2v) is 5.18. The zero-order chi connectivity index (χ0) is 14.7. The van der Waals surface area contributed by atoms with Gasteiger partial charge in [0.05, 0.1) is 6.20 Å². The van der Waals surface area contributed by atoms with E-state index in [1.165, 1.54) is 0 Å². The minimum atomic E-state index is 0.349. The number of rotatable bonds is 3. The molecule has 0 amide bonds. The van der Waals surface area contributed by atoms with E-state index in [-0.39, 0.29) is 0 Å². The number of pyridine rings is 1. The molecule has 3 aromatic rings. The van der Waals surface area contributed by atoms with Gasteiger partial charge in [-0.25, -0.2) is 4.98 Å². The SMILES string of the molecule is Nc1cc(Oc2cncc(Br)c2)nc(-c2ccccc2)n1. The average molecular weight is 343 g/mol. The molecule has 0 spiro atoms. The van der Waals surface area contributed by atoms with Crippen LogP contribution in [0, 0.1) is 0 Å². The maximum absolute atomic E-state index is 5.82. The average Bonchev–Trinajstić information content (AvgIpc) is 2.47. The molecular formula is C15H11BrN4O. The molecule has 0 saturated heterocycles. The molecule has 5 nitrogen and oxygen atoms in total. The molecule has 0 fully saturated rings. The fraction of sp³-hybridized carbons (Fsp3) is 0. The van der Waals surface area contributed by atoms with Crippen LogP contribution >= 0.6 is 15.9 Å². The summed E-state index contributed by atoms with van der Waals surface area (Å²) in [4.78, 5) is 12.6. The second kappa shape index (κ2) is 5.88. The molecular weight excluding hydrogens is 332 g/mol. The van der Waals surface area contributed by atoms with E-state index in [1.807, 2.05) is 30.3 Å². The second-order valence-electron chi connectivity index (χ2n) is 4.26. The maximum atomic E-state index is 5.82. The normalized spacial score (nSPS) is 10.3. The number of halogens is 1. The van der Waals surface area contributed by atoms with Crippen LogP contribution < -0.4 is 10.5 Å². The third-order valence-electron chi connectivity index (χ3n) is 2.66. The largest absolute Gasteiger partial charge is 0.437 e. The highest BCUT2D eigenvalue weighted by atomic mass is 79.9. The van der Waals surface area contributed by atoms with Crippen LogP contribution in [0.15, 0.2) is 59.3 Å². The molecule has 0 aliphatic carbocycles. The predicted octanol–water partition coefficient (Wildman–Crippen LogP) is 3.68. The van der Waals surface area contributed by atoms with Crippen molar-refractivity contribution in [2.45, 2.75) is 0 Å². The van der Waals surface area contributed by atoms with E-state index in [9.17, 15) is 0 Å². The summed E-state index contributed by atoms with van der Waals surface area (Å²) in [5.74, 6) is 1.82. The third kappa shape index (κ3) is 3.35. The molecule has 0 atom stereocenters. The fourth-order valence-corrected chi connectivity index (χ4v) is 2.12. The van der Waals surface area contributed by atoms with E-state index in [0.717, 1.165) is 10.0 Å². The van der Waals surface area contributed by atoms with Gasteiger partial charge in [-0.1, -0.05) is 30.3 Å². The summed E-state index contributed by atoms with van der Waals surface area (Å²) >= 11 is 3.34. The molecule has 0 unspecified atom stereocenters. The molecule has 21 heavy (non-hydrogen) atoms. The van der Waals surface area contributed by atoms with E-state index in [0.29, 0.717) is 23.3 Å². The number of hydrogen-bond acceptors (Lipinski definition) is 5. The van der Waals surface area contributed by atoms with Gasteiger partial charge in [0, 0.05) is 22.3 Å². The zero-order valence-electron chi connectivity index (χ0n) is 10.9. The highest BCUT2D eigenvalue weighted by Gasteiger charge is 2.07. The fourth-order valence-electron chi connectivity index (χ4n) is 1.78. The van der Waals surface area contributed by atoms with Crippen molar-refractivity contribution in [2.75, 3.05) is 5.73 Å². The summed E-state index contributed by atoms with van der Waals surface area (Å²) in [6.07, 6.45) is 3.28. The van der Waals surface area contributed by atoms with Gasteiger partial charge >= 0.3 is 0 Å². The first-order valence-corrected chi connectivity index (χ1v) is 6.98. The van der Waals surface area contributed by atoms with Crippen LogP contribution in [0.4, 0.5) is 5.82 Å². The van der Waals surface area contributed by atoms with Crippen LogP contribution in [0.5, 0.6) is 11.6 Å². The van der Waals surface area contributed by atoms with Gasteiger partial charge in [0.25, 0.3) is 0 Å². The molecule has 6 heteroatoms. The zero-order valence-corrected chi connectivity index (χ0v) is 12.5. The summed E-state index contributed by atoms with van der Waals surface area (Å²) < 4.78 is 6.50. The molecule has 3 rings (SSSR count). The number of ether oxygens (including phenoxy) is 1. The number of anilines is 1. The standard InChI is InChI=1S/C15H11BrN4O/c16-11-6-12(9-18-8-11)21-14-7-13(17)19-15(20-14)10-4-2-1-3-5-10/h1-9H,(H2,17,19,20). The lowest BCUT2D eigenvalue weighted by molar-refractivity contribution is 0.460. The Bertz CT molecular complexity index is 765. The lowest BCUT2D eigenvalue weighted by atomic mass is 10.2. The number of nitrogens with two attached hydrogens (primary N) is 1. The number of hydrogen-bond donors (Lipinski definition) is 1. The van der Waals surface area contributed by atoms with E-state index < -0.39 is 0 Å². The van der Waals surface area contributed by atoms with Gasteiger partial charge in [0.2, 0.25) is 5.88 Å². The summed E-state index contributed by atoms with van der Waals surface area (Å²) in [5, 5.41) is 0. The molecule has 2 aromatic heterocycles. The van der Waals surface area contributed by atoms with Crippen LogP contribution in [-0.4, -0.2) is 15.0 Å². The molecule has 0 aliphatic heterocycles. The Kier molecular flexibility index (Phi) is 3.79. The summed E-state index contributed by atoms with van der Waals surface area (Å²) in [6, 6.07) is 13.0. The lowest BCUT2D eigenvalue weighted by Gasteiger charge is -2.07. The molecule has 0 radical (unpaired) electrons. The van der Waals surface area contributed by atoms with Crippen molar-refractivity contribution in [3.8, 4) is 23.0 Å². The quantitative estimate of drug-likeness (QED) is 0.785. The lowest BCUT2D eigenvalue weighted by Crippen LogP contribution is -1.98. The Morgan fingerprint density at radius 1 is 1.00 bits per heavy atom. The van der Waals surface area contributed by atoms with Crippen LogP contribution in [0.1, 0.15) is 0 Å². The first kappa shape index (κ1) is 13.5. The Morgan fingerprint density at radius 2 is 1.81 bits per heavy atom.